The Morgan fingerprint density at radius 1 is 1.16 bits per heavy atom. The molecular weight excluding hydrogens is 351 g/mol. The summed E-state index contributed by atoms with van der Waals surface area (Å²) >= 11 is 2.11. The monoisotopic (exact) mass is 364 g/mol. The largest absolute Gasteiger partial charge is 0.430 e. The first-order valence-electron chi connectivity index (χ1n) is 6.28. The zero-order valence-corrected chi connectivity index (χ0v) is 12.5. The van der Waals surface area contributed by atoms with Crippen LogP contribution in [0, 0.1) is 0 Å². The van der Waals surface area contributed by atoms with E-state index in [0.717, 1.165) is 29.6 Å². The van der Waals surface area contributed by atoms with Crippen LogP contribution in [-0.2, 0) is 9.53 Å². The van der Waals surface area contributed by atoms with Gasteiger partial charge in [0.15, 0.2) is 0 Å². The van der Waals surface area contributed by atoms with Crippen molar-refractivity contribution in [3.63, 3.8) is 0 Å². The summed E-state index contributed by atoms with van der Waals surface area (Å²) in [6, 6.07) is 14.3. The van der Waals surface area contributed by atoms with Gasteiger partial charge in [0.2, 0.25) is 0 Å². The van der Waals surface area contributed by atoms with E-state index in [1.165, 1.54) is 5.39 Å². The number of esters is 1. The van der Waals surface area contributed by atoms with Crippen LogP contribution in [0.1, 0.15) is 24.3 Å². The first kappa shape index (κ1) is 12.7. The van der Waals surface area contributed by atoms with Crippen LogP contribution < -0.4 is 0 Å². The fraction of sp³-hybridized carbons (Fsp3) is 0.188. The van der Waals surface area contributed by atoms with Gasteiger partial charge in [0.1, 0.15) is 5.76 Å². The van der Waals surface area contributed by atoms with Gasteiger partial charge in [-0.2, -0.15) is 0 Å². The highest BCUT2D eigenvalue weighted by molar-refractivity contribution is 14.1. The standard InChI is InChI=1S/C16H13IO2/c17-10-12-8-9-15(16(18)19-12)14-7-3-5-11-4-1-2-6-13(11)14/h1-7,10,15H,8-9H2/b12-10-/t15-/m1/s1. The Morgan fingerprint density at radius 2 is 1.95 bits per heavy atom. The molecule has 0 radical (unpaired) electrons. The Kier molecular flexibility index (Phi) is 3.55. The zero-order chi connectivity index (χ0) is 13.2. The second-order valence-electron chi connectivity index (χ2n) is 4.66. The van der Waals surface area contributed by atoms with Crippen LogP contribution in [0.4, 0.5) is 0 Å². The number of allylic oxidation sites excluding steroid dienone is 1. The van der Waals surface area contributed by atoms with Crippen molar-refractivity contribution in [1.29, 1.82) is 0 Å². The number of rotatable bonds is 1. The maximum absolute atomic E-state index is 12.1. The van der Waals surface area contributed by atoms with E-state index in [0.29, 0.717) is 0 Å². The van der Waals surface area contributed by atoms with Gasteiger partial charge in [-0.1, -0.05) is 42.5 Å². The Bertz CT molecular complexity index is 655. The number of cyclic esters (lactones) is 1. The lowest BCUT2D eigenvalue weighted by atomic mass is 9.88. The third kappa shape index (κ3) is 2.39. The summed E-state index contributed by atoms with van der Waals surface area (Å²) in [5, 5.41) is 2.32. The molecular formula is C16H13IO2. The van der Waals surface area contributed by atoms with Gasteiger partial charge in [-0.05, 0) is 45.3 Å². The van der Waals surface area contributed by atoms with Gasteiger partial charge in [0.25, 0.3) is 0 Å². The third-order valence-corrected chi connectivity index (χ3v) is 4.21. The summed E-state index contributed by atoms with van der Waals surface area (Å²) in [6.07, 6.45) is 1.64. The minimum Gasteiger partial charge on any atom is -0.430 e. The van der Waals surface area contributed by atoms with Gasteiger partial charge in [0.05, 0.1) is 5.92 Å². The number of ether oxygens (including phenoxy) is 1. The first-order chi connectivity index (χ1) is 9.29. The highest BCUT2D eigenvalue weighted by atomic mass is 127. The molecule has 1 heterocycles. The predicted octanol–water partition coefficient (Wildman–Crippen LogP) is 4.54. The normalized spacial score (nSPS) is 21.6. The molecule has 2 nitrogen and oxygen atoms in total. The van der Waals surface area contributed by atoms with Crippen LogP contribution in [0.15, 0.2) is 52.3 Å². The summed E-state index contributed by atoms with van der Waals surface area (Å²) in [5.41, 5.74) is 1.08. The molecule has 1 atom stereocenters. The minimum atomic E-state index is -0.147. The molecule has 3 rings (SSSR count). The van der Waals surface area contributed by atoms with Gasteiger partial charge >= 0.3 is 5.97 Å². The van der Waals surface area contributed by atoms with Gasteiger partial charge in [-0.3, -0.25) is 4.79 Å². The zero-order valence-electron chi connectivity index (χ0n) is 10.3. The van der Waals surface area contributed by atoms with Crippen LogP contribution in [0.3, 0.4) is 0 Å². The molecule has 0 bridgehead atoms. The molecule has 0 N–H and O–H groups in total. The van der Waals surface area contributed by atoms with E-state index < -0.39 is 0 Å². The number of hydrogen-bond donors (Lipinski definition) is 0. The van der Waals surface area contributed by atoms with Gasteiger partial charge in [0, 0.05) is 10.5 Å². The minimum absolute atomic E-state index is 0.134. The lowest BCUT2D eigenvalue weighted by Gasteiger charge is -2.23. The molecule has 0 saturated carbocycles. The Hall–Kier alpha value is -1.36. The smallest absolute Gasteiger partial charge is 0.318 e. The van der Waals surface area contributed by atoms with Crippen molar-refractivity contribution in [3.05, 3.63) is 57.9 Å². The van der Waals surface area contributed by atoms with E-state index in [9.17, 15) is 4.79 Å². The second-order valence-corrected chi connectivity index (χ2v) is 5.28. The molecule has 1 saturated heterocycles. The van der Waals surface area contributed by atoms with E-state index in [1.807, 2.05) is 28.3 Å². The lowest BCUT2D eigenvalue weighted by Crippen LogP contribution is -2.21. The first-order valence-corrected chi connectivity index (χ1v) is 7.53. The summed E-state index contributed by atoms with van der Waals surface area (Å²) in [6.45, 7) is 0. The van der Waals surface area contributed by atoms with Crippen molar-refractivity contribution < 1.29 is 9.53 Å². The summed E-state index contributed by atoms with van der Waals surface area (Å²) in [5.74, 6) is 0.499. The topological polar surface area (TPSA) is 26.3 Å². The van der Waals surface area contributed by atoms with Crippen LogP contribution in [0.2, 0.25) is 0 Å². The van der Waals surface area contributed by atoms with E-state index in [-0.39, 0.29) is 11.9 Å². The molecule has 0 spiro atoms. The molecule has 0 aromatic heterocycles. The number of hydrogen-bond acceptors (Lipinski definition) is 2. The van der Waals surface area contributed by atoms with E-state index >= 15 is 0 Å². The average molecular weight is 364 g/mol. The molecule has 3 heteroatoms. The third-order valence-electron chi connectivity index (χ3n) is 3.52. The Labute approximate surface area is 125 Å². The maximum Gasteiger partial charge on any atom is 0.318 e. The fourth-order valence-electron chi connectivity index (χ4n) is 2.57. The van der Waals surface area contributed by atoms with Crippen molar-refractivity contribution in [2.24, 2.45) is 0 Å². The number of carbonyl (C=O) groups is 1. The molecule has 1 aliphatic rings. The van der Waals surface area contributed by atoms with E-state index in [1.54, 1.807) is 0 Å². The molecule has 0 amide bonds. The van der Waals surface area contributed by atoms with Crippen molar-refractivity contribution in [2.75, 3.05) is 0 Å². The highest BCUT2D eigenvalue weighted by Gasteiger charge is 2.29. The Balaban J connectivity index is 2.03. The summed E-state index contributed by atoms with van der Waals surface area (Å²) < 4.78 is 7.21. The van der Waals surface area contributed by atoms with Crippen LogP contribution in [-0.4, -0.2) is 5.97 Å². The van der Waals surface area contributed by atoms with Gasteiger partial charge < -0.3 is 4.74 Å². The molecule has 96 valence electrons. The number of carbonyl (C=O) groups excluding carboxylic acids is 1. The molecule has 2 aromatic carbocycles. The Morgan fingerprint density at radius 3 is 2.74 bits per heavy atom. The summed E-state index contributed by atoms with van der Waals surface area (Å²) in [7, 11) is 0. The molecule has 1 fully saturated rings. The lowest BCUT2D eigenvalue weighted by molar-refractivity contribution is -0.143. The van der Waals surface area contributed by atoms with Crippen molar-refractivity contribution in [3.8, 4) is 0 Å². The van der Waals surface area contributed by atoms with Crippen LogP contribution >= 0.6 is 22.6 Å². The number of fused-ring (bicyclic) bond motifs is 1. The summed E-state index contributed by atoms with van der Waals surface area (Å²) in [4.78, 5) is 12.1. The maximum atomic E-state index is 12.1. The molecule has 19 heavy (non-hydrogen) atoms. The van der Waals surface area contributed by atoms with Gasteiger partial charge in [-0.25, -0.2) is 0 Å². The molecule has 2 aromatic rings. The van der Waals surface area contributed by atoms with Gasteiger partial charge in [-0.15, -0.1) is 0 Å². The van der Waals surface area contributed by atoms with E-state index in [4.69, 9.17) is 4.74 Å². The fourth-order valence-corrected chi connectivity index (χ4v) is 3.01. The van der Waals surface area contributed by atoms with Crippen LogP contribution in [0.25, 0.3) is 10.8 Å². The molecule has 1 aliphatic heterocycles. The molecule has 0 aliphatic carbocycles. The van der Waals surface area contributed by atoms with Crippen LogP contribution in [0.5, 0.6) is 0 Å². The SMILES string of the molecule is O=C1O/C(=C\I)CC[C@@H]1c1cccc2ccccc12. The van der Waals surface area contributed by atoms with Crippen molar-refractivity contribution in [1.82, 2.24) is 0 Å². The number of halogens is 1. The molecule has 0 unspecified atom stereocenters. The average Bonchev–Trinajstić information content (AvgIpc) is 2.46. The van der Waals surface area contributed by atoms with Crippen molar-refractivity contribution in [2.45, 2.75) is 18.8 Å². The van der Waals surface area contributed by atoms with E-state index in [2.05, 4.69) is 40.8 Å². The number of benzene rings is 2. The second kappa shape index (κ2) is 5.33. The predicted molar refractivity (Wildman–Crippen MR) is 84.1 cm³/mol. The highest BCUT2D eigenvalue weighted by Crippen LogP contribution is 2.35. The quantitative estimate of drug-likeness (QED) is 0.549. The van der Waals surface area contributed by atoms with Crippen molar-refractivity contribution >= 4 is 39.3 Å².